The number of rotatable bonds is 2. The first-order chi connectivity index (χ1) is 8.41. The third kappa shape index (κ3) is 2.77. The van der Waals surface area contributed by atoms with Crippen LogP contribution in [-0.4, -0.2) is 38.5 Å². The number of hydrogen-bond acceptors (Lipinski definition) is 3. The highest BCUT2D eigenvalue weighted by molar-refractivity contribution is 9.10. The summed E-state index contributed by atoms with van der Waals surface area (Å²) in [6.07, 6.45) is -0.0509. The molecule has 4 nitrogen and oxygen atoms in total. The van der Waals surface area contributed by atoms with Crippen molar-refractivity contribution in [2.75, 3.05) is 19.7 Å². The van der Waals surface area contributed by atoms with Crippen LogP contribution >= 0.6 is 15.9 Å². The third-order valence-corrected chi connectivity index (χ3v) is 5.72. The number of nitrogens with zero attached hydrogens (tertiary/aromatic N) is 1. The summed E-state index contributed by atoms with van der Waals surface area (Å²) >= 11 is 3.37. The van der Waals surface area contributed by atoms with Crippen molar-refractivity contribution in [3.63, 3.8) is 0 Å². The maximum absolute atomic E-state index is 12.5. The predicted octanol–water partition coefficient (Wildman–Crippen LogP) is 2.17. The topological polar surface area (TPSA) is 46.6 Å². The van der Waals surface area contributed by atoms with E-state index in [9.17, 15) is 8.42 Å². The Bertz CT molecular complexity index is 544. The van der Waals surface area contributed by atoms with Crippen molar-refractivity contribution in [2.45, 2.75) is 24.8 Å². The van der Waals surface area contributed by atoms with Gasteiger partial charge in [0.1, 0.15) is 0 Å². The van der Waals surface area contributed by atoms with Crippen molar-refractivity contribution in [3.8, 4) is 0 Å². The van der Waals surface area contributed by atoms with Gasteiger partial charge in [0.15, 0.2) is 0 Å². The lowest BCUT2D eigenvalue weighted by Gasteiger charge is -2.30. The second-order valence-electron chi connectivity index (χ2n) is 4.46. The van der Waals surface area contributed by atoms with Crippen molar-refractivity contribution in [3.05, 3.63) is 28.2 Å². The van der Waals surface area contributed by atoms with Crippen LogP contribution in [0.15, 0.2) is 27.6 Å². The molecule has 1 atom stereocenters. The van der Waals surface area contributed by atoms with E-state index in [4.69, 9.17) is 4.74 Å². The Hall–Kier alpha value is -0.430. The molecule has 1 aliphatic rings. The monoisotopic (exact) mass is 333 g/mol. The van der Waals surface area contributed by atoms with Crippen LogP contribution in [0, 0.1) is 6.92 Å². The second-order valence-corrected chi connectivity index (χ2v) is 7.25. The Morgan fingerprint density at radius 1 is 1.44 bits per heavy atom. The van der Waals surface area contributed by atoms with Gasteiger partial charge < -0.3 is 4.74 Å². The standard InChI is InChI=1S/C12H16BrNO3S/c1-9-7-11(3-4-12(9)13)18(15,16)14-5-6-17-10(2)8-14/h3-4,7,10H,5-6,8H2,1-2H3. The van der Waals surface area contributed by atoms with E-state index < -0.39 is 10.0 Å². The summed E-state index contributed by atoms with van der Waals surface area (Å²) in [5.41, 5.74) is 0.914. The molecule has 0 radical (unpaired) electrons. The molecular weight excluding hydrogens is 318 g/mol. The molecule has 0 N–H and O–H groups in total. The maximum atomic E-state index is 12.5. The molecule has 1 aromatic carbocycles. The zero-order valence-electron chi connectivity index (χ0n) is 10.4. The molecule has 1 unspecified atom stereocenters. The van der Waals surface area contributed by atoms with E-state index in [1.807, 2.05) is 13.8 Å². The lowest BCUT2D eigenvalue weighted by atomic mass is 10.2. The normalized spacial score (nSPS) is 22.1. The van der Waals surface area contributed by atoms with Gasteiger partial charge in [-0.05, 0) is 37.6 Å². The molecule has 0 aliphatic carbocycles. The summed E-state index contributed by atoms with van der Waals surface area (Å²) in [6.45, 7) is 5.05. The van der Waals surface area contributed by atoms with Crippen LogP contribution in [0.4, 0.5) is 0 Å². The fraction of sp³-hybridized carbons (Fsp3) is 0.500. The molecule has 1 aliphatic heterocycles. The summed E-state index contributed by atoms with van der Waals surface area (Å²) < 4.78 is 32.7. The average molecular weight is 334 g/mol. The third-order valence-electron chi connectivity index (χ3n) is 2.97. The van der Waals surface area contributed by atoms with Crippen LogP contribution in [0.2, 0.25) is 0 Å². The summed E-state index contributed by atoms with van der Waals surface area (Å²) in [5.74, 6) is 0. The van der Waals surface area contributed by atoms with Gasteiger partial charge >= 0.3 is 0 Å². The number of halogens is 1. The van der Waals surface area contributed by atoms with Gasteiger partial charge in [0.25, 0.3) is 0 Å². The molecule has 1 fully saturated rings. The number of aryl methyl sites for hydroxylation is 1. The number of sulfonamides is 1. The van der Waals surface area contributed by atoms with E-state index >= 15 is 0 Å². The highest BCUT2D eigenvalue weighted by atomic mass is 79.9. The SMILES string of the molecule is Cc1cc(S(=O)(=O)N2CCOC(C)C2)ccc1Br. The number of hydrogen-bond donors (Lipinski definition) is 0. The van der Waals surface area contributed by atoms with E-state index in [0.29, 0.717) is 24.6 Å². The summed E-state index contributed by atoms with van der Waals surface area (Å²) in [7, 11) is -3.40. The molecule has 0 saturated carbocycles. The van der Waals surface area contributed by atoms with Gasteiger partial charge in [0.05, 0.1) is 17.6 Å². The first-order valence-corrected chi connectivity index (χ1v) is 8.02. The molecule has 6 heteroatoms. The van der Waals surface area contributed by atoms with Gasteiger partial charge in [-0.1, -0.05) is 15.9 Å². The van der Waals surface area contributed by atoms with E-state index in [0.717, 1.165) is 10.0 Å². The minimum absolute atomic E-state index is 0.0509. The molecule has 0 aromatic heterocycles. The molecule has 1 saturated heterocycles. The van der Waals surface area contributed by atoms with E-state index in [2.05, 4.69) is 15.9 Å². The highest BCUT2D eigenvalue weighted by Crippen LogP contribution is 2.23. The number of benzene rings is 1. The van der Waals surface area contributed by atoms with Gasteiger partial charge in [-0.15, -0.1) is 0 Å². The van der Waals surface area contributed by atoms with Gasteiger partial charge in [0, 0.05) is 17.6 Å². The van der Waals surface area contributed by atoms with Crippen LogP contribution in [0.3, 0.4) is 0 Å². The summed E-state index contributed by atoms with van der Waals surface area (Å²) in [4.78, 5) is 0.345. The fourth-order valence-corrected chi connectivity index (χ4v) is 3.76. The van der Waals surface area contributed by atoms with E-state index in [-0.39, 0.29) is 6.10 Å². The van der Waals surface area contributed by atoms with Crippen LogP contribution in [0.5, 0.6) is 0 Å². The summed E-state index contributed by atoms with van der Waals surface area (Å²) in [5, 5.41) is 0. The van der Waals surface area contributed by atoms with E-state index in [1.54, 1.807) is 18.2 Å². The highest BCUT2D eigenvalue weighted by Gasteiger charge is 2.29. The molecule has 1 heterocycles. The molecule has 0 bridgehead atoms. The average Bonchev–Trinajstić information content (AvgIpc) is 2.32. The molecule has 2 rings (SSSR count). The minimum atomic E-state index is -3.40. The fourth-order valence-electron chi connectivity index (χ4n) is 1.93. The number of morpholine rings is 1. The van der Waals surface area contributed by atoms with Crippen molar-refractivity contribution in [2.24, 2.45) is 0 Å². The maximum Gasteiger partial charge on any atom is 0.243 e. The van der Waals surface area contributed by atoms with Gasteiger partial charge in [-0.3, -0.25) is 0 Å². The molecule has 0 spiro atoms. The van der Waals surface area contributed by atoms with Crippen LogP contribution in [0.25, 0.3) is 0 Å². The van der Waals surface area contributed by atoms with Gasteiger partial charge in [-0.25, -0.2) is 8.42 Å². The van der Waals surface area contributed by atoms with Crippen LogP contribution in [-0.2, 0) is 14.8 Å². The van der Waals surface area contributed by atoms with Crippen molar-refractivity contribution >= 4 is 26.0 Å². The van der Waals surface area contributed by atoms with Crippen molar-refractivity contribution < 1.29 is 13.2 Å². The molecular formula is C12H16BrNO3S. The lowest BCUT2D eigenvalue weighted by Crippen LogP contribution is -2.44. The Morgan fingerprint density at radius 2 is 2.17 bits per heavy atom. The van der Waals surface area contributed by atoms with Crippen LogP contribution < -0.4 is 0 Å². The zero-order chi connectivity index (χ0) is 13.3. The van der Waals surface area contributed by atoms with Crippen molar-refractivity contribution in [1.29, 1.82) is 0 Å². The Labute approximate surface area is 116 Å². The Morgan fingerprint density at radius 3 is 2.78 bits per heavy atom. The minimum Gasteiger partial charge on any atom is -0.376 e. The number of ether oxygens (including phenoxy) is 1. The Balaban J connectivity index is 2.32. The molecule has 1 aromatic rings. The van der Waals surface area contributed by atoms with Gasteiger partial charge in [-0.2, -0.15) is 4.31 Å². The van der Waals surface area contributed by atoms with Crippen LogP contribution in [0.1, 0.15) is 12.5 Å². The Kier molecular flexibility index (Phi) is 4.11. The molecule has 18 heavy (non-hydrogen) atoms. The first-order valence-electron chi connectivity index (χ1n) is 5.79. The zero-order valence-corrected chi connectivity index (χ0v) is 12.8. The quantitative estimate of drug-likeness (QED) is 0.833. The first kappa shape index (κ1) is 14.0. The second kappa shape index (κ2) is 5.28. The molecule has 100 valence electrons. The largest absolute Gasteiger partial charge is 0.376 e. The van der Waals surface area contributed by atoms with Crippen molar-refractivity contribution in [1.82, 2.24) is 4.31 Å². The predicted molar refractivity (Wildman–Crippen MR) is 73.1 cm³/mol. The van der Waals surface area contributed by atoms with E-state index in [1.165, 1.54) is 4.31 Å². The summed E-state index contributed by atoms with van der Waals surface area (Å²) in [6, 6.07) is 5.10. The lowest BCUT2D eigenvalue weighted by molar-refractivity contribution is 0.0102. The van der Waals surface area contributed by atoms with Gasteiger partial charge in [0.2, 0.25) is 10.0 Å². The molecule has 0 amide bonds. The smallest absolute Gasteiger partial charge is 0.243 e.